The maximum Gasteiger partial charge on any atom is 0.285 e. The van der Waals surface area contributed by atoms with Crippen molar-refractivity contribution in [3.8, 4) is 0 Å². The number of hydrogen-bond donors (Lipinski definition) is 0. The number of sulfonamides is 1. The van der Waals surface area contributed by atoms with Crippen molar-refractivity contribution >= 4 is 21.8 Å². The van der Waals surface area contributed by atoms with Crippen LogP contribution in [0.5, 0.6) is 0 Å². The molecule has 3 rings (SSSR count). The summed E-state index contributed by atoms with van der Waals surface area (Å²) < 4.78 is 28.4. The van der Waals surface area contributed by atoms with Crippen LogP contribution in [-0.2, 0) is 14.8 Å². The molecule has 136 valence electrons. The van der Waals surface area contributed by atoms with E-state index in [2.05, 4.69) is 11.3 Å². The summed E-state index contributed by atoms with van der Waals surface area (Å²) in [5.41, 5.74) is 0.673. The molecule has 25 heavy (non-hydrogen) atoms. The molecule has 1 aromatic carbocycles. The summed E-state index contributed by atoms with van der Waals surface area (Å²) in [6.07, 6.45) is 3.56. The third-order valence-electron chi connectivity index (χ3n) is 4.98. The Morgan fingerprint density at radius 3 is 2.64 bits per heavy atom. The summed E-state index contributed by atoms with van der Waals surface area (Å²) in [5.74, 6) is 0.752. The number of unbranched alkanes of at least 4 members (excludes halogenated alkanes) is 1. The first-order valence-electron chi connectivity index (χ1n) is 8.88. The van der Waals surface area contributed by atoms with E-state index in [4.69, 9.17) is 0 Å². The van der Waals surface area contributed by atoms with Gasteiger partial charge in [-0.2, -0.15) is 8.42 Å². The minimum absolute atomic E-state index is 0.0203. The Bertz CT molecular complexity index is 781. The quantitative estimate of drug-likeness (QED) is 0.821. The van der Waals surface area contributed by atoms with Gasteiger partial charge in [-0.1, -0.05) is 25.5 Å². The number of nitrogens with zero attached hydrogens (tertiary/aromatic N) is 3. The first-order chi connectivity index (χ1) is 11.9. The van der Waals surface area contributed by atoms with Crippen molar-refractivity contribution in [3.63, 3.8) is 0 Å². The van der Waals surface area contributed by atoms with Gasteiger partial charge in [-0.3, -0.25) is 4.79 Å². The molecular formula is C18H25N3O3S. The summed E-state index contributed by atoms with van der Waals surface area (Å²) in [7, 11) is -1.72. The Morgan fingerprint density at radius 1 is 1.28 bits per heavy atom. The average molecular weight is 363 g/mol. The second kappa shape index (κ2) is 7.15. The Morgan fingerprint density at radius 2 is 1.96 bits per heavy atom. The summed E-state index contributed by atoms with van der Waals surface area (Å²) in [6, 6.07) is 6.94. The highest BCUT2D eigenvalue weighted by atomic mass is 32.2. The van der Waals surface area contributed by atoms with Gasteiger partial charge in [0.1, 0.15) is 4.90 Å². The van der Waals surface area contributed by atoms with E-state index >= 15 is 0 Å². The predicted octanol–water partition coefficient (Wildman–Crippen LogP) is 2.11. The fraction of sp³-hybridized carbons (Fsp3) is 0.556. The molecule has 0 atom stereocenters. The van der Waals surface area contributed by atoms with Crippen molar-refractivity contribution in [2.75, 3.05) is 26.7 Å². The molecule has 0 radical (unpaired) electrons. The Kier molecular flexibility index (Phi) is 5.13. The highest BCUT2D eigenvalue weighted by molar-refractivity contribution is 7.90. The van der Waals surface area contributed by atoms with Crippen molar-refractivity contribution < 1.29 is 13.2 Å². The largest absolute Gasteiger partial charge is 0.355 e. The molecule has 2 aliphatic rings. The number of likely N-dealkylation sites (tertiary alicyclic amines) is 1. The summed E-state index contributed by atoms with van der Waals surface area (Å²) in [4.78, 5) is 16.6. The Hall–Kier alpha value is -1.89. The highest BCUT2D eigenvalue weighted by Crippen LogP contribution is 2.30. The lowest BCUT2D eigenvalue weighted by atomic mass is 9.94. The lowest BCUT2D eigenvalue weighted by molar-refractivity contribution is -0.135. The molecule has 0 saturated carbocycles. The second-order valence-electron chi connectivity index (χ2n) is 6.76. The Labute approximate surface area is 149 Å². The van der Waals surface area contributed by atoms with E-state index in [-0.39, 0.29) is 16.7 Å². The zero-order valence-electron chi connectivity index (χ0n) is 14.8. The molecule has 0 spiro atoms. The van der Waals surface area contributed by atoms with Gasteiger partial charge in [0.25, 0.3) is 10.0 Å². The standard InChI is InChI=1S/C18H25N3O3S/c1-3-4-11-20(2)18(22)14-9-12-21(13-10-14)17-15-7-5-6-8-16(15)25(23,24)19-17/h5-8,14H,3-4,9-13H2,1-2H3. The van der Waals surface area contributed by atoms with Gasteiger partial charge < -0.3 is 9.80 Å². The number of fused-ring (bicyclic) bond motifs is 1. The molecule has 0 aromatic heterocycles. The van der Waals surface area contributed by atoms with Crippen LogP contribution < -0.4 is 0 Å². The molecule has 2 heterocycles. The highest BCUT2D eigenvalue weighted by Gasteiger charge is 2.34. The van der Waals surface area contributed by atoms with E-state index in [1.54, 1.807) is 18.2 Å². The van der Waals surface area contributed by atoms with E-state index in [1.807, 2.05) is 22.9 Å². The van der Waals surface area contributed by atoms with E-state index in [0.29, 0.717) is 24.5 Å². The first kappa shape index (κ1) is 17.9. The van der Waals surface area contributed by atoms with E-state index in [1.165, 1.54) is 0 Å². The van der Waals surface area contributed by atoms with Crippen molar-refractivity contribution in [2.45, 2.75) is 37.5 Å². The molecule has 0 unspecified atom stereocenters. The lowest BCUT2D eigenvalue weighted by Gasteiger charge is -2.34. The normalized spacial score (nSPS) is 19.4. The number of carbonyl (C=O) groups is 1. The molecule has 0 aliphatic carbocycles. The third-order valence-corrected chi connectivity index (χ3v) is 6.30. The van der Waals surface area contributed by atoms with Gasteiger partial charge in [0.05, 0.1) is 0 Å². The van der Waals surface area contributed by atoms with E-state index < -0.39 is 10.0 Å². The molecule has 7 heteroatoms. The number of carbonyl (C=O) groups excluding carboxylic acids is 1. The van der Waals surface area contributed by atoms with Crippen molar-refractivity contribution in [3.05, 3.63) is 29.8 Å². The van der Waals surface area contributed by atoms with Gasteiger partial charge in [0.15, 0.2) is 5.84 Å². The molecular weight excluding hydrogens is 338 g/mol. The molecule has 2 aliphatic heterocycles. The fourth-order valence-corrected chi connectivity index (χ4v) is 4.70. The summed E-state index contributed by atoms with van der Waals surface area (Å²) >= 11 is 0. The number of hydrogen-bond acceptors (Lipinski definition) is 4. The minimum Gasteiger partial charge on any atom is -0.355 e. The Balaban J connectivity index is 1.67. The maximum atomic E-state index is 12.5. The van der Waals surface area contributed by atoms with Gasteiger partial charge in [0.2, 0.25) is 5.91 Å². The summed E-state index contributed by atoms with van der Waals surface area (Å²) in [6.45, 7) is 4.22. The van der Waals surface area contributed by atoms with Crippen LogP contribution in [0.1, 0.15) is 38.2 Å². The zero-order chi connectivity index (χ0) is 18.0. The third kappa shape index (κ3) is 3.56. The van der Waals surface area contributed by atoms with Crippen LogP contribution in [-0.4, -0.2) is 56.6 Å². The SMILES string of the molecule is CCCCN(C)C(=O)C1CCN(C2=NS(=O)(=O)c3ccccc32)CC1. The maximum absolute atomic E-state index is 12.5. The molecule has 6 nitrogen and oxygen atoms in total. The first-order valence-corrected chi connectivity index (χ1v) is 10.3. The van der Waals surface area contributed by atoms with Crippen LogP contribution in [0.25, 0.3) is 0 Å². The number of rotatable bonds is 4. The van der Waals surface area contributed by atoms with Gasteiger partial charge in [0, 0.05) is 38.2 Å². The number of benzene rings is 1. The number of amides is 1. The molecule has 1 aromatic rings. The van der Waals surface area contributed by atoms with Gasteiger partial charge >= 0.3 is 0 Å². The van der Waals surface area contributed by atoms with Crippen LogP contribution in [0.3, 0.4) is 0 Å². The molecule has 1 saturated heterocycles. The molecule has 0 bridgehead atoms. The van der Waals surface area contributed by atoms with Gasteiger partial charge in [-0.25, -0.2) is 0 Å². The molecule has 1 amide bonds. The van der Waals surface area contributed by atoms with E-state index in [9.17, 15) is 13.2 Å². The van der Waals surface area contributed by atoms with Crippen LogP contribution in [0, 0.1) is 5.92 Å². The van der Waals surface area contributed by atoms with Gasteiger partial charge in [-0.15, -0.1) is 4.40 Å². The van der Waals surface area contributed by atoms with Crippen LogP contribution in [0.4, 0.5) is 0 Å². The lowest BCUT2D eigenvalue weighted by Crippen LogP contribution is -2.43. The number of piperidine rings is 1. The monoisotopic (exact) mass is 363 g/mol. The average Bonchev–Trinajstić information content (AvgIpc) is 2.91. The smallest absolute Gasteiger partial charge is 0.285 e. The topological polar surface area (TPSA) is 70.1 Å². The molecule has 0 N–H and O–H groups in total. The van der Waals surface area contributed by atoms with Crippen LogP contribution in [0.2, 0.25) is 0 Å². The van der Waals surface area contributed by atoms with Crippen molar-refractivity contribution in [1.29, 1.82) is 0 Å². The van der Waals surface area contributed by atoms with Crippen molar-refractivity contribution in [2.24, 2.45) is 10.3 Å². The predicted molar refractivity (Wildman–Crippen MR) is 97.0 cm³/mol. The fourth-order valence-electron chi connectivity index (χ4n) is 3.47. The van der Waals surface area contributed by atoms with Crippen LogP contribution in [0.15, 0.2) is 33.6 Å². The number of amidine groups is 1. The van der Waals surface area contributed by atoms with Crippen molar-refractivity contribution in [1.82, 2.24) is 9.80 Å². The van der Waals surface area contributed by atoms with Gasteiger partial charge in [-0.05, 0) is 31.4 Å². The zero-order valence-corrected chi connectivity index (χ0v) is 15.6. The van der Waals surface area contributed by atoms with Crippen LogP contribution >= 0.6 is 0 Å². The minimum atomic E-state index is -3.59. The van der Waals surface area contributed by atoms with E-state index in [0.717, 1.165) is 32.2 Å². The summed E-state index contributed by atoms with van der Waals surface area (Å²) in [5, 5.41) is 0. The second-order valence-corrected chi connectivity index (χ2v) is 8.33. The molecule has 1 fully saturated rings.